The quantitative estimate of drug-likeness (QED) is 0.871. The summed E-state index contributed by atoms with van der Waals surface area (Å²) >= 11 is 0. The van der Waals surface area contributed by atoms with E-state index < -0.39 is 23.3 Å². The van der Waals surface area contributed by atoms with Crippen LogP contribution in [0.4, 0.5) is 13.2 Å². The number of carbonyl (C=O) groups is 1. The second-order valence-electron chi connectivity index (χ2n) is 3.48. The van der Waals surface area contributed by atoms with Gasteiger partial charge in [0.15, 0.2) is 0 Å². The third kappa shape index (κ3) is 2.77. The molecule has 1 aromatic heterocycles. The first-order chi connectivity index (χ1) is 7.36. The van der Waals surface area contributed by atoms with Gasteiger partial charge in [-0.2, -0.15) is 13.2 Å². The number of aryl methyl sites for hydroxylation is 1. The largest absolute Gasteiger partial charge is 0.478 e. The van der Waals surface area contributed by atoms with Crippen LogP contribution in [0.5, 0.6) is 0 Å². The van der Waals surface area contributed by atoms with E-state index in [1.807, 2.05) is 6.92 Å². The fraction of sp³-hybridized carbons (Fsp3) is 0.500. The molecule has 3 nitrogen and oxygen atoms in total. The van der Waals surface area contributed by atoms with Crippen LogP contribution in [-0.4, -0.2) is 15.6 Å². The molecule has 0 saturated carbocycles. The van der Waals surface area contributed by atoms with Gasteiger partial charge in [-0.25, -0.2) is 4.79 Å². The fourth-order valence-electron chi connectivity index (χ4n) is 1.37. The van der Waals surface area contributed by atoms with Crippen molar-refractivity contribution in [3.05, 3.63) is 23.5 Å². The second-order valence-corrected chi connectivity index (χ2v) is 3.48. The van der Waals surface area contributed by atoms with Gasteiger partial charge in [0.1, 0.15) is 0 Å². The summed E-state index contributed by atoms with van der Waals surface area (Å²) in [5.41, 5.74) is -1.78. The van der Waals surface area contributed by atoms with E-state index >= 15 is 0 Å². The van der Waals surface area contributed by atoms with E-state index in [1.165, 1.54) is 4.57 Å². The number of rotatable bonds is 4. The summed E-state index contributed by atoms with van der Waals surface area (Å²) in [7, 11) is 0. The summed E-state index contributed by atoms with van der Waals surface area (Å²) < 4.78 is 38.7. The Morgan fingerprint density at radius 1 is 1.44 bits per heavy atom. The first kappa shape index (κ1) is 12.6. The summed E-state index contributed by atoms with van der Waals surface area (Å²) in [4.78, 5) is 10.6. The van der Waals surface area contributed by atoms with E-state index in [0.717, 1.165) is 18.8 Å². The van der Waals surface area contributed by atoms with Crippen LogP contribution >= 0.6 is 0 Å². The van der Waals surface area contributed by atoms with Crippen molar-refractivity contribution in [2.75, 3.05) is 0 Å². The Balaban J connectivity index is 3.06. The van der Waals surface area contributed by atoms with Crippen LogP contribution in [0.1, 0.15) is 35.7 Å². The molecule has 1 rings (SSSR count). The Kier molecular flexibility index (Phi) is 3.62. The third-order valence-electron chi connectivity index (χ3n) is 2.19. The van der Waals surface area contributed by atoms with Gasteiger partial charge in [-0.1, -0.05) is 13.3 Å². The fourth-order valence-corrected chi connectivity index (χ4v) is 1.37. The molecular formula is C10H12F3NO2. The highest BCUT2D eigenvalue weighted by molar-refractivity contribution is 5.89. The number of hydrogen-bond donors (Lipinski definition) is 1. The molecule has 0 unspecified atom stereocenters. The van der Waals surface area contributed by atoms with Crippen molar-refractivity contribution < 1.29 is 23.1 Å². The van der Waals surface area contributed by atoms with Gasteiger partial charge in [-0.3, -0.25) is 0 Å². The molecule has 1 N–H and O–H groups in total. The maximum atomic E-state index is 12.5. The monoisotopic (exact) mass is 235 g/mol. The van der Waals surface area contributed by atoms with E-state index in [9.17, 15) is 18.0 Å². The highest BCUT2D eigenvalue weighted by atomic mass is 19.4. The van der Waals surface area contributed by atoms with Crippen LogP contribution in [0.25, 0.3) is 0 Å². The van der Waals surface area contributed by atoms with Gasteiger partial charge in [-0.05, 0) is 6.42 Å². The molecule has 0 atom stereocenters. The summed E-state index contributed by atoms with van der Waals surface area (Å²) in [5.74, 6) is -1.55. The smallest absolute Gasteiger partial charge is 0.418 e. The standard InChI is InChI=1S/C10H12F3NO2/c1-2-3-4-14-5-7(9(15)16)8(6-14)10(11,12)13/h5-6H,2-4H2,1H3,(H,15,16). The number of carboxylic acid groups (broad SMARTS) is 1. The molecule has 0 aliphatic rings. The lowest BCUT2D eigenvalue weighted by Gasteiger charge is -2.04. The maximum absolute atomic E-state index is 12.5. The number of alkyl halides is 3. The number of unbranched alkanes of at least 4 members (excludes halogenated alkanes) is 1. The lowest BCUT2D eigenvalue weighted by Crippen LogP contribution is -2.09. The topological polar surface area (TPSA) is 42.2 Å². The number of carboxylic acids is 1. The van der Waals surface area contributed by atoms with Crippen molar-refractivity contribution in [2.45, 2.75) is 32.5 Å². The van der Waals surface area contributed by atoms with Crippen molar-refractivity contribution in [1.82, 2.24) is 4.57 Å². The normalized spacial score (nSPS) is 11.8. The molecule has 1 aromatic rings. The van der Waals surface area contributed by atoms with Crippen molar-refractivity contribution >= 4 is 5.97 Å². The molecule has 90 valence electrons. The average molecular weight is 235 g/mol. The molecule has 0 radical (unpaired) electrons. The molecule has 16 heavy (non-hydrogen) atoms. The van der Waals surface area contributed by atoms with E-state index in [1.54, 1.807) is 0 Å². The van der Waals surface area contributed by atoms with Crippen molar-refractivity contribution in [2.24, 2.45) is 0 Å². The highest BCUT2D eigenvalue weighted by Crippen LogP contribution is 2.32. The zero-order valence-corrected chi connectivity index (χ0v) is 8.71. The minimum Gasteiger partial charge on any atom is -0.478 e. The van der Waals surface area contributed by atoms with Gasteiger partial charge in [0.2, 0.25) is 0 Å². The van der Waals surface area contributed by atoms with E-state index in [0.29, 0.717) is 13.0 Å². The van der Waals surface area contributed by atoms with Crippen LogP contribution in [0, 0.1) is 0 Å². The molecule has 1 heterocycles. The predicted molar refractivity (Wildman–Crippen MR) is 51.3 cm³/mol. The SMILES string of the molecule is CCCCn1cc(C(=O)O)c(C(F)(F)F)c1. The minimum absolute atomic E-state index is 0.396. The molecule has 0 aromatic carbocycles. The van der Waals surface area contributed by atoms with Gasteiger partial charge < -0.3 is 9.67 Å². The predicted octanol–water partition coefficient (Wildman–Crippen LogP) is 3.01. The number of aromatic carboxylic acids is 1. The van der Waals surface area contributed by atoms with Crippen LogP contribution < -0.4 is 0 Å². The summed E-state index contributed by atoms with van der Waals surface area (Å²) in [6.45, 7) is 2.30. The van der Waals surface area contributed by atoms with Crippen molar-refractivity contribution in [3.63, 3.8) is 0 Å². The Morgan fingerprint density at radius 2 is 2.06 bits per heavy atom. The second kappa shape index (κ2) is 4.59. The molecule has 0 spiro atoms. The van der Waals surface area contributed by atoms with Gasteiger partial charge in [0, 0.05) is 18.9 Å². The van der Waals surface area contributed by atoms with Crippen LogP contribution in [0.2, 0.25) is 0 Å². The summed E-state index contributed by atoms with van der Waals surface area (Å²) in [6, 6.07) is 0. The van der Waals surface area contributed by atoms with Crippen molar-refractivity contribution in [3.8, 4) is 0 Å². The average Bonchev–Trinajstić information content (AvgIpc) is 2.58. The van der Waals surface area contributed by atoms with Gasteiger partial charge in [-0.15, -0.1) is 0 Å². The molecule has 6 heteroatoms. The van der Waals surface area contributed by atoms with Crippen LogP contribution in [0.15, 0.2) is 12.4 Å². The summed E-state index contributed by atoms with van der Waals surface area (Å²) in [6.07, 6.45) is -1.20. The first-order valence-corrected chi connectivity index (χ1v) is 4.86. The van der Waals surface area contributed by atoms with Gasteiger partial charge in [0.25, 0.3) is 0 Å². The lowest BCUT2D eigenvalue weighted by atomic mass is 10.2. The molecule has 0 aliphatic heterocycles. The van der Waals surface area contributed by atoms with Gasteiger partial charge in [0.05, 0.1) is 11.1 Å². The molecule has 0 fully saturated rings. The van der Waals surface area contributed by atoms with Gasteiger partial charge >= 0.3 is 12.1 Å². The highest BCUT2D eigenvalue weighted by Gasteiger charge is 2.36. The van der Waals surface area contributed by atoms with E-state index in [2.05, 4.69) is 0 Å². The maximum Gasteiger partial charge on any atom is 0.418 e. The molecule has 0 bridgehead atoms. The number of hydrogen-bond acceptors (Lipinski definition) is 1. The summed E-state index contributed by atoms with van der Waals surface area (Å²) in [5, 5.41) is 8.65. The number of nitrogens with zero attached hydrogens (tertiary/aromatic N) is 1. The van der Waals surface area contributed by atoms with E-state index in [4.69, 9.17) is 5.11 Å². The number of aromatic nitrogens is 1. The third-order valence-corrected chi connectivity index (χ3v) is 2.19. The Labute approximate surface area is 90.5 Å². The van der Waals surface area contributed by atoms with Crippen LogP contribution in [0.3, 0.4) is 0 Å². The Hall–Kier alpha value is -1.46. The molecule has 0 saturated heterocycles. The van der Waals surface area contributed by atoms with Crippen LogP contribution in [-0.2, 0) is 12.7 Å². The first-order valence-electron chi connectivity index (χ1n) is 4.86. The minimum atomic E-state index is -4.62. The molecular weight excluding hydrogens is 223 g/mol. The zero-order chi connectivity index (χ0) is 12.3. The molecule has 0 amide bonds. The zero-order valence-electron chi connectivity index (χ0n) is 8.71. The van der Waals surface area contributed by atoms with E-state index in [-0.39, 0.29) is 0 Å². The van der Waals surface area contributed by atoms with Crippen molar-refractivity contribution in [1.29, 1.82) is 0 Å². The number of halogens is 3. The lowest BCUT2D eigenvalue weighted by molar-refractivity contribution is -0.138. The molecule has 0 aliphatic carbocycles. The Bertz CT molecular complexity index is 382. The Morgan fingerprint density at radius 3 is 2.44 bits per heavy atom.